The number of hydrogen-bond acceptors (Lipinski definition) is 6. The van der Waals surface area contributed by atoms with Crippen LogP contribution in [0.5, 0.6) is 17.2 Å². The number of amides is 2. The molecule has 8 heteroatoms. The molecule has 1 aliphatic rings. The van der Waals surface area contributed by atoms with Gasteiger partial charge >= 0.3 is 0 Å². The first-order valence-corrected chi connectivity index (χ1v) is 11.5. The molecule has 1 atom stereocenters. The number of rotatable bonds is 8. The molecule has 1 heterocycles. The van der Waals surface area contributed by atoms with E-state index in [1.54, 1.807) is 52.6 Å². The summed E-state index contributed by atoms with van der Waals surface area (Å²) < 4.78 is 16.1. The van der Waals surface area contributed by atoms with Crippen LogP contribution in [0.15, 0.2) is 77.9 Å². The molecule has 1 aliphatic heterocycles. The Bertz CT molecular complexity index is 1270. The quantitative estimate of drug-likeness (QED) is 0.477. The lowest BCUT2D eigenvalue weighted by Crippen LogP contribution is -2.39. The van der Waals surface area contributed by atoms with E-state index in [0.29, 0.717) is 29.2 Å². The Morgan fingerprint density at radius 1 is 0.917 bits per heavy atom. The fourth-order valence-corrected chi connectivity index (χ4v) is 4.20. The highest BCUT2D eigenvalue weighted by Gasteiger charge is 2.35. The van der Waals surface area contributed by atoms with Gasteiger partial charge < -0.3 is 19.1 Å². The lowest BCUT2D eigenvalue weighted by atomic mass is 9.97. The van der Waals surface area contributed by atoms with Gasteiger partial charge in [0.05, 0.1) is 33.1 Å². The van der Waals surface area contributed by atoms with Crippen molar-refractivity contribution in [2.24, 2.45) is 5.10 Å². The summed E-state index contributed by atoms with van der Waals surface area (Å²) in [5, 5.41) is 6.17. The molecule has 2 amide bonds. The van der Waals surface area contributed by atoms with Crippen molar-refractivity contribution in [2.45, 2.75) is 12.5 Å². The van der Waals surface area contributed by atoms with E-state index in [4.69, 9.17) is 19.3 Å². The summed E-state index contributed by atoms with van der Waals surface area (Å²) in [4.78, 5) is 27.9. The zero-order valence-corrected chi connectivity index (χ0v) is 20.8. The van der Waals surface area contributed by atoms with Crippen molar-refractivity contribution in [2.75, 3.05) is 34.9 Å². The Hall–Kier alpha value is -4.33. The Labute approximate surface area is 210 Å². The van der Waals surface area contributed by atoms with Gasteiger partial charge in [0.2, 0.25) is 0 Å². The van der Waals surface area contributed by atoms with Gasteiger partial charge in [0.1, 0.15) is 23.8 Å². The normalized spacial score (nSPS) is 14.7. The minimum absolute atomic E-state index is 0.134. The summed E-state index contributed by atoms with van der Waals surface area (Å²) in [6.07, 6.45) is 0.495. The molecular formula is C28H29N3O5. The molecule has 1 unspecified atom stereocenters. The summed E-state index contributed by atoms with van der Waals surface area (Å²) in [5.74, 6) is 1.47. The van der Waals surface area contributed by atoms with E-state index < -0.39 is 0 Å². The van der Waals surface area contributed by atoms with Crippen LogP contribution in [0.2, 0.25) is 0 Å². The molecule has 0 bridgehead atoms. The number of benzene rings is 3. The van der Waals surface area contributed by atoms with Crippen LogP contribution in [0.3, 0.4) is 0 Å². The first-order chi connectivity index (χ1) is 17.4. The monoisotopic (exact) mass is 487 g/mol. The molecule has 186 valence electrons. The maximum Gasteiger partial charge on any atom is 0.262 e. The largest absolute Gasteiger partial charge is 0.497 e. The number of likely N-dealkylation sites (N-methyl/N-ethyl adjacent to an activating group) is 1. The standard InChI is InChI=1S/C28H29N3O5/c1-30(28(33)19-12-14-21(34-2)15-13-19)18-27(32)31-25(23-10-5-6-11-26(23)36-4)17-24(29-31)20-8-7-9-22(16-20)35-3/h5-16,25H,17-18H2,1-4H3. The molecule has 0 aliphatic carbocycles. The molecule has 36 heavy (non-hydrogen) atoms. The van der Waals surface area contributed by atoms with Gasteiger partial charge in [0.15, 0.2) is 0 Å². The van der Waals surface area contributed by atoms with Gasteiger partial charge in [0.25, 0.3) is 11.8 Å². The second kappa shape index (κ2) is 10.9. The second-order valence-electron chi connectivity index (χ2n) is 8.37. The van der Waals surface area contributed by atoms with Crippen LogP contribution >= 0.6 is 0 Å². The molecule has 0 saturated heterocycles. The molecule has 4 rings (SSSR count). The summed E-state index contributed by atoms with van der Waals surface area (Å²) in [7, 11) is 6.38. The number of carbonyl (C=O) groups is 2. The fraction of sp³-hybridized carbons (Fsp3) is 0.250. The van der Waals surface area contributed by atoms with Crippen molar-refractivity contribution in [1.82, 2.24) is 9.91 Å². The number of hydrogen-bond donors (Lipinski definition) is 0. The molecule has 0 fully saturated rings. The molecule has 0 aromatic heterocycles. The highest BCUT2D eigenvalue weighted by atomic mass is 16.5. The average Bonchev–Trinajstić information content (AvgIpc) is 3.38. The molecule has 3 aromatic rings. The van der Waals surface area contributed by atoms with Crippen LogP contribution < -0.4 is 14.2 Å². The van der Waals surface area contributed by atoms with Crippen molar-refractivity contribution >= 4 is 17.5 Å². The highest BCUT2D eigenvalue weighted by molar-refractivity contribution is 6.04. The molecule has 0 radical (unpaired) electrons. The van der Waals surface area contributed by atoms with E-state index in [1.807, 2.05) is 48.5 Å². The zero-order chi connectivity index (χ0) is 25.7. The molecule has 0 spiro atoms. The maximum absolute atomic E-state index is 13.5. The third kappa shape index (κ3) is 5.17. The summed E-state index contributed by atoms with van der Waals surface area (Å²) in [6, 6.07) is 21.6. The van der Waals surface area contributed by atoms with Crippen molar-refractivity contribution in [3.63, 3.8) is 0 Å². The highest BCUT2D eigenvalue weighted by Crippen LogP contribution is 2.37. The topological polar surface area (TPSA) is 80.7 Å². The van der Waals surface area contributed by atoms with E-state index in [-0.39, 0.29) is 24.4 Å². The fourth-order valence-electron chi connectivity index (χ4n) is 4.20. The Kier molecular flexibility index (Phi) is 7.53. The average molecular weight is 488 g/mol. The third-order valence-electron chi connectivity index (χ3n) is 6.12. The van der Waals surface area contributed by atoms with Gasteiger partial charge in [-0.25, -0.2) is 5.01 Å². The zero-order valence-electron chi connectivity index (χ0n) is 20.8. The minimum atomic E-state index is -0.376. The van der Waals surface area contributed by atoms with Gasteiger partial charge in [-0.1, -0.05) is 30.3 Å². The molecule has 3 aromatic carbocycles. The van der Waals surface area contributed by atoms with Crippen molar-refractivity contribution in [3.05, 3.63) is 89.5 Å². The second-order valence-corrected chi connectivity index (χ2v) is 8.37. The minimum Gasteiger partial charge on any atom is -0.497 e. The number of ether oxygens (including phenoxy) is 3. The van der Waals surface area contributed by atoms with Crippen LogP contribution in [0, 0.1) is 0 Å². The van der Waals surface area contributed by atoms with Gasteiger partial charge in [0, 0.05) is 30.2 Å². The smallest absolute Gasteiger partial charge is 0.262 e. The van der Waals surface area contributed by atoms with Crippen molar-refractivity contribution < 1.29 is 23.8 Å². The van der Waals surface area contributed by atoms with E-state index in [2.05, 4.69) is 0 Å². The number of methoxy groups -OCH3 is 3. The lowest BCUT2D eigenvalue weighted by Gasteiger charge is -2.26. The Morgan fingerprint density at radius 2 is 1.64 bits per heavy atom. The summed E-state index contributed by atoms with van der Waals surface area (Å²) in [5.41, 5.74) is 2.93. The van der Waals surface area contributed by atoms with Crippen LogP contribution in [-0.4, -0.2) is 62.4 Å². The van der Waals surface area contributed by atoms with Crippen LogP contribution in [-0.2, 0) is 4.79 Å². The third-order valence-corrected chi connectivity index (χ3v) is 6.12. The maximum atomic E-state index is 13.5. The van der Waals surface area contributed by atoms with Crippen LogP contribution in [0.1, 0.15) is 33.9 Å². The first-order valence-electron chi connectivity index (χ1n) is 11.5. The van der Waals surface area contributed by atoms with Crippen molar-refractivity contribution in [1.29, 1.82) is 0 Å². The molecule has 0 saturated carbocycles. The Morgan fingerprint density at radius 3 is 2.33 bits per heavy atom. The van der Waals surface area contributed by atoms with Crippen LogP contribution in [0.25, 0.3) is 0 Å². The molecule has 8 nitrogen and oxygen atoms in total. The number of para-hydroxylation sites is 1. The summed E-state index contributed by atoms with van der Waals surface area (Å²) >= 11 is 0. The first kappa shape index (κ1) is 24.8. The van der Waals surface area contributed by atoms with E-state index in [9.17, 15) is 9.59 Å². The van der Waals surface area contributed by atoms with Gasteiger partial charge in [-0.3, -0.25) is 9.59 Å². The SMILES string of the molecule is COc1ccc(C(=O)N(C)CC(=O)N2N=C(c3cccc(OC)c3)CC2c2ccccc2OC)cc1. The molecular weight excluding hydrogens is 458 g/mol. The van der Waals surface area contributed by atoms with Crippen molar-refractivity contribution in [3.8, 4) is 17.2 Å². The van der Waals surface area contributed by atoms with E-state index in [1.165, 1.54) is 9.91 Å². The van der Waals surface area contributed by atoms with Crippen LogP contribution in [0.4, 0.5) is 0 Å². The van der Waals surface area contributed by atoms with Gasteiger partial charge in [-0.2, -0.15) is 5.10 Å². The number of carbonyl (C=O) groups excluding carboxylic acids is 2. The van der Waals surface area contributed by atoms with Gasteiger partial charge in [-0.15, -0.1) is 0 Å². The number of hydrazone groups is 1. The predicted molar refractivity (Wildman–Crippen MR) is 137 cm³/mol. The molecule has 0 N–H and O–H groups in total. The Balaban J connectivity index is 1.61. The van der Waals surface area contributed by atoms with Gasteiger partial charge in [-0.05, 0) is 42.5 Å². The predicted octanol–water partition coefficient (Wildman–Crippen LogP) is 4.16. The van der Waals surface area contributed by atoms with E-state index in [0.717, 1.165) is 16.8 Å². The van der Waals surface area contributed by atoms with E-state index >= 15 is 0 Å². The lowest BCUT2D eigenvalue weighted by molar-refractivity contribution is -0.133. The number of nitrogens with zero attached hydrogens (tertiary/aromatic N) is 3. The summed E-state index contributed by atoms with van der Waals surface area (Å²) in [6.45, 7) is -0.134.